The van der Waals surface area contributed by atoms with Crippen LogP contribution in [-0.4, -0.2) is 38.6 Å². The number of hydrogen-bond donors (Lipinski definition) is 0. The van der Waals surface area contributed by atoms with Crippen LogP contribution in [0.15, 0.2) is 47.1 Å². The van der Waals surface area contributed by atoms with E-state index in [0.717, 1.165) is 31.5 Å². The molecule has 0 spiro atoms. The Balaban J connectivity index is 1.52. The van der Waals surface area contributed by atoms with Crippen LogP contribution in [0.3, 0.4) is 0 Å². The Kier molecular flexibility index (Phi) is 4.09. The van der Waals surface area contributed by atoms with Gasteiger partial charge in [-0.1, -0.05) is 22.9 Å². The second-order valence-electron chi connectivity index (χ2n) is 6.40. The molecule has 1 aromatic carbocycles. The molecule has 3 aromatic rings. The molecule has 1 aliphatic heterocycles. The monoisotopic (exact) mass is 336 g/mol. The Labute approximate surface area is 146 Å². The Hall–Kier alpha value is -2.89. The third-order valence-electron chi connectivity index (χ3n) is 4.52. The molecule has 4 rings (SSSR count). The van der Waals surface area contributed by atoms with Crippen LogP contribution >= 0.6 is 0 Å². The molecule has 0 aliphatic carbocycles. The molecule has 0 unspecified atom stereocenters. The molecule has 25 heavy (non-hydrogen) atoms. The van der Waals surface area contributed by atoms with Gasteiger partial charge in [0.05, 0.1) is 6.54 Å². The summed E-state index contributed by atoms with van der Waals surface area (Å²) in [6.07, 6.45) is 4.04. The zero-order valence-electron chi connectivity index (χ0n) is 14.2. The first kappa shape index (κ1) is 15.6. The summed E-state index contributed by atoms with van der Waals surface area (Å²) in [5, 5.41) is 4.06. The van der Waals surface area contributed by atoms with E-state index >= 15 is 0 Å². The quantitative estimate of drug-likeness (QED) is 0.734. The molecule has 0 saturated carbocycles. The predicted molar refractivity (Wildman–Crippen MR) is 93.1 cm³/mol. The van der Waals surface area contributed by atoms with Gasteiger partial charge in [0.1, 0.15) is 5.69 Å². The molecule has 128 valence electrons. The van der Waals surface area contributed by atoms with Crippen molar-refractivity contribution in [3.8, 4) is 11.5 Å². The molecule has 1 aliphatic rings. The lowest BCUT2D eigenvalue weighted by molar-refractivity contribution is 0.0782. The Bertz CT molecular complexity index is 873. The first-order chi connectivity index (χ1) is 12.2. The lowest BCUT2D eigenvalue weighted by atomic mass is 10.1. The van der Waals surface area contributed by atoms with Gasteiger partial charge in [-0.25, -0.2) is 0 Å². The number of hydrogen-bond acceptors (Lipinski definition) is 4. The minimum Gasteiger partial charge on any atom is -0.337 e. The number of nitrogens with zero attached hydrogens (tertiary/aromatic N) is 4. The van der Waals surface area contributed by atoms with Gasteiger partial charge in [0.15, 0.2) is 5.82 Å². The van der Waals surface area contributed by atoms with Crippen LogP contribution < -0.4 is 0 Å². The zero-order valence-corrected chi connectivity index (χ0v) is 14.2. The van der Waals surface area contributed by atoms with Gasteiger partial charge in [-0.05, 0) is 44.0 Å². The summed E-state index contributed by atoms with van der Waals surface area (Å²) >= 11 is 0. The van der Waals surface area contributed by atoms with Crippen molar-refractivity contribution in [3.05, 3.63) is 59.7 Å². The van der Waals surface area contributed by atoms with Crippen molar-refractivity contribution in [2.45, 2.75) is 26.3 Å². The predicted octanol–water partition coefficient (Wildman–Crippen LogP) is 3.13. The lowest BCUT2D eigenvalue weighted by Crippen LogP contribution is -2.29. The van der Waals surface area contributed by atoms with Crippen molar-refractivity contribution in [2.75, 3.05) is 13.1 Å². The van der Waals surface area contributed by atoms with Crippen LogP contribution in [0.2, 0.25) is 0 Å². The summed E-state index contributed by atoms with van der Waals surface area (Å²) in [6.45, 7) is 4.12. The third-order valence-corrected chi connectivity index (χ3v) is 4.52. The summed E-state index contributed by atoms with van der Waals surface area (Å²) in [6, 6.07) is 11.7. The van der Waals surface area contributed by atoms with Crippen molar-refractivity contribution in [3.63, 3.8) is 0 Å². The number of aromatic nitrogens is 3. The van der Waals surface area contributed by atoms with Gasteiger partial charge < -0.3 is 14.0 Å². The van der Waals surface area contributed by atoms with Crippen molar-refractivity contribution in [1.29, 1.82) is 0 Å². The van der Waals surface area contributed by atoms with E-state index in [4.69, 9.17) is 4.52 Å². The van der Waals surface area contributed by atoms with Crippen LogP contribution in [-0.2, 0) is 6.54 Å². The number of carbonyl (C=O) groups excluding carboxylic acids is 1. The van der Waals surface area contributed by atoms with Crippen molar-refractivity contribution < 1.29 is 9.32 Å². The normalized spacial score (nSPS) is 14.2. The SMILES string of the molecule is Cc1ccc(-c2nc(Cn3cccc3C(=O)N3CCCC3)no2)cc1. The van der Waals surface area contributed by atoms with E-state index < -0.39 is 0 Å². The Morgan fingerprint density at radius 1 is 1.16 bits per heavy atom. The van der Waals surface area contributed by atoms with E-state index in [-0.39, 0.29) is 5.91 Å². The van der Waals surface area contributed by atoms with Crippen LogP contribution in [0.4, 0.5) is 0 Å². The van der Waals surface area contributed by atoms with Gasteiger partial charge >= 0.3 is 0 Å². The highest BCUT2D eigenvalue weighted by Crippen LogP contribution is 2.19. The molecule has 0 radical (unpaired) electrons. The number of carbonyl (C=O) groups is 1. The van der Waals surface area contributed by atoms with Crippen LogP contribution in [0.25, 0.3) is 11.5 Å². The van der Waals surface area contributed by atoms with E-state index in [0.29, 0.717) is 24.0 Å². The number of likely N-dealkylation sites (tertiary alicyclic amines) is 1. The summed E-state index contributed by atoms with van der Waals surface area (Å²) < 4.78 is 7.25. The first-order valence-electron chi connectivity index (χ1n) is 8.55. The van der Waals surface area contributed by atoms with Gasteiger partial charge in [-0.3, -0.25) is 4.79 Å². The van der Waals surface area contributed by atoms with Crippen molar-refractivity contribution >= 4 is 5.91 Å². The van der Waals surface area contributed by atoms with E-state index in [1.807, 2.05) is 59.0 Å². The van der Waals surface area contributed by atoms with Crippen LogP contribution in [0.1, 0.15) is 34.7 Å². The molecule has 6 heteroatoms. The second kappa shape index (κ2) is 6.55. The molecular formula is C19H20N4O2. The fourth-order valence-corrected chi connectivity index (χ4v) is 3.11. The summed E-state index contributed by atoms with van der Waals surface area (Å²) in [5.41, 5.74) is 2.75. The van der Waals surface area contributed by atoms with E-state index in [1.54, 1.807) is 0 Å². The van der Waals surface area contributed by atoms with Gasteiger partial charge in [-0.2, -0.15) is 4.98 Å². The second-order valence-corrected chi connectivity index (χ2v) is 6.40. The molecule has 0 bridgehead atoms. The molecule has 0 N–H and O–H groups in total. The molecular weight excluding hydrogens is 316 g/mol. The maximum Gasteiger partial charge on any atom is 0.270 e. The summed E-state index contributed by atoms with van der Waals surface area (Å²) in [4.78, 5) is 19.0. The largest absolute Gasteiger partial charge is 0.337 e. The third kappa shape index (κ3) is 3.20. The molecule has 1 saturated heterocycles. The van der Waals surface area contributed by atoms with Crippen molar-refractivity contribution in [1.82, 2.24) is 19.6 Å². The minimum absolute atomic E-state index is 0.0738. The highest BCUT2D eigenvalue weighted by Gasteiger charge is 2.22. The fourth-order valence-electron chi connectivity index (χ4n) is 3.11. The smallest absolute Gasteiger partial charge is 0.270 e. The van der Waals surface area contributed by atoms with Gasteiger partial charge in [0.25, 0.3) is 11.8 Å². The first-order valence-corrected chi connectivity index (χ1v) is 8.55. The maximum atomic E-state index is 12.6. The number of aryl methyl sites for hydroxylation is 1. The standard InChI is InChI=1S/C19H20N4O2/c1-14-6-8-15(9-7-14)18-20-17(21-25-18)13-23-12-4-5-16(23)19(24)22-10-2-3-11-22/h4-9,12H,2-3,10-11,13H2,1H3. The Morgan fingerprint density at radius 3 is 2.68 bits per heavy atom. The maximum absolute atomic E-state index is 12.6. The zero-order chi connectivity index (χ0) is 17.2. The molecule has 6 nitrogen and oxygen atoms in total. The number of benzene rings is 1. The summed E-state index contributed by atoms with van der Waals surface area (Å²) in [5.74, 6) is 1.13. The highest BCUT2D eigenvalue weighted by molar-refractivity contribution is 5.93. The van der Waals surface area contributed by atoms with Gasteiger partial charge in [0.2, 0.25) is 0 Å². The minimum atomic E-state index is 0.0738. The summed E-state index contributed by atoms with van der Waals surface area (Å²) in [7, 11) is 0. The molecule has 3 heterocycles. The molecule has 0 atom stereocenters. The van der Waals surface area contributed by atoms with Crippen molar-refractivity contribution in [2.24, 2.45) is 0 Å². The van der Waals surface area contributed by atoms with Gasteiger partial charge in [-0.15, -0.1) is 0 Å². The van der Waals surface area contributed by atoms with Gasteiger partial charge in [0, 0.05) is 24.8 Å². The van der Waals surface area contributed by atoms with E-state index in [9.17, 15) is 4.79 Å². The topological polar surface area (TPSA) is 64.2 Å². The molecule has 1 fully saturated rings. The van der Waals surface area contributed by atoms with E-state index in [2.05, 4.69) is 10.1 Å². The molecule has 2 aromatic heterocycles. The number of amides is 1. The van der Waals surface area contributed by atoms with Crippen LogP contribution in [0, 0.1) is 6.92 Å². The Morgan fingerprint density at radius 2 is 1.92 bits per heavy atom. The average molecular weight is 336 g/mol. The number of rotatable bonds is 4. The average Bonchev–Trinajstić information content (AvgIpc) is 3.37. The van der Waals surface area contributed by atoms with Crippen LogP contribution in [0.5, 0.6) is 0 Å². The molecule has 1 amide bonds. The highest BCUT2D eigenvalue weighted by atomic mass is 16.5. The van der Waals surface area contributed by atoms with E-state index in [1.165, 1.54) is 5.56 Å². The lowest BCUT2D eigenvalue weighted by Gasteiger charge is -2.16. The fraction of sp³-hybridized carbons (Fsp3) is 0.316.